The first-order chi connectivity index (χ1) is 9.97. The number of non-ortho nitro benzene ring substituents is 1. The molecule has 0 unspecified atom stereocenters. The molecular formula is C15H14N2O4. The van der Waals surface area contributed by atoms with Gasteiger partial charge in [-0.1, -0.05) is 18.2 Å². The zero-order valence-electron chi connectivity index (χ0n) is 11.4. The normalized spacial score (nSPS) is 10.3. The fourth-order valence-electron chi connectivity index (χ4n) is 2.04. The van der Waals surface area contributed by atoms with Crippen LogP contribution in [0, 0.1) is 17.0 Å². The van der Waals surface area contributed by atoms with Gasteiger partial charge in [-0.15, -0.1) is 0 Å². The summed E-state index contributed by atoms with van der Waals surface area (Å²) < 4.78 is 0. The van der Waals surface area contributed by atoms with E-state index in [0.717, 1.165) is 11.3 Å². The minimum atomic E-state index is -0.850. The Labute approximate surface area is 121 Å². The predicted molar refractivity (Wildman–Crippen MR) is 77.0 cm³/mol. The number of rotatable bonds is 5. The van der Waals surface area contributed by atoms with Gasteiger partial charge in [0.1, 0.15) is 0 Å². The molecule has 6 nitrogen and oxygen atoms in total. The first kappa shape index (κ1) is 14.6. The molecule has 2 rings (SSSR count). The van der Waals surface area contributed by atoms with E-state index in [1.165, 1.54) is 12.1 Å². The fraction of sp³-hybridized carbons (Fsp3) is 0.200. The number of hydrogen-bond acceptors (Lipinski definition) is 4. The Balaban J connectivity index is 2.29. The molecule has 108 valence electrons. The molecular weight excluding hydrogens is 272 g/mol. The quantitative estimate of drug-likeness (QED) is 0.673. The maximum absolute atomic E-state index is 10.8. The number of carbonyl (C=O) groups is 1. The highest BCUT2D eigenvalue weighted by molar-refractivity contribution is 5.67. The van der Waals surface area contributed by atoms with Crippen LogP contribution in [0.4, 0.5) is 5.69 Å². The second-order valence-electron chi connectivity index (χ2n) is 4.64. The zero-order valence-corrected chi connectivity index (χ0v) is 11.4. The van der Waals surface area contributed by atoms with E-state index in [1.807, 2.05) is 6.07 Å². The van der Waals surface area contributed by atoms with Crippen LogP contribution < -0.4 is 0 Å². The van der Waals surface area contributed by atoms with Gasteiger partial charge in [0.25, 0.3) is 5.69 Å². The molecule has 0 saturated carbocycles. The number of benzene rings is 1. The van der Waals surface area contributed by atoms with Crippen molar-refractivity contribution in [2.45, 2.75) is 19.8 Å². The number of pyridine rings is 1. The van der Waals surface area contributed by atoms with Gasteiger partial charge in [0.15, 0.2) is 0 Å². The van der Waals surface area contributed by atoms with E-state index < -0.39 is 10.9 Å². The third kappa shape index (κ3) is 3.62. The average molecular weight is 286 g/mol. The second-order valence-corrected chi connectivity index (χ2v) is 4.64. The molecule has 0 spiro atoms. The molecule has 0 fully saturated rings. The smallest absolute Gasteiger partial charge is 0.303 e. The summed E-state index contributed by atoms with van der Waals surface area (Å²) in [7, 11) is 0. The summed E-state index contributed by atoms with van der Waals surface area (Å²) in [5, 5.41) is 19.5. The molecule has 0 saturated heterocycles. The summed E-state index contributed by atoms with van der Waals surface area (Å²) >= 11 is 0. The van der Waals surface area contributed by atoms with Crippen LogP contribution in [0.1, 0.15) is 17.7 Å². The molecule has 0 amide bonds. The van der Waals surface area contributed by atoms with Gasteiger partial charge < -0.3 is 5.11 Å². The van der Waals surface area contributed by atoms with Gasteiger partial charge in [-0.2, -0.15) is 0 Å². The highest BCUT2D eigenvalue weighted by atomic mass is 16.6. The summed E-state index contributed by atoms with van der Waals surface area (Å²) in [5.74, 6) is -0.850. The molecule has 6 heteroatoms. The van der Waals surface area contributed by atoms with Gasteiger partial charge >= 0.3 is 5.97 Å². The van der Waals surface area contributed by atoms with Crippen LogP contribution in [0.25, 0.3) is 11.3 Å². The topological polar surface area (TPSA) is 93.3 Å². The standard InChI is InChI=1S/C15H14N2O4/c1-10-11(6-8-15(18)19)5-7-14(16-10)12-3-2-4-13(9-12)17(20)21/h2-5,7,9H,6,8H2,1H3,(H,18,19). The molecule has 1 aromatic heterocycles. The largest absolute Gasteiger partial charge is 0.481 e. The molecule has 1 N–H and O–H groups in total. The van der Waals surface area contributed by atoms with Crippen LogP contribution in [0.3, 0.4) is 0 Å². The maximum Gasteiger partial charge on any atom is 0.303 e. The lowest BCUT2D eigenvalue weighted by Crippen LogP contribution is -2.01. The van der Waals surface area contributed by atoms with E-state index in [0.29, 0.717) is 17.7 Å². The van der Waals surface area contributed by atoms with Gasteiger partial charge in [-0.05, 0) is 25.0 Å². The number of carboxylic acid groups (broad SMARTS) is 1. The molecule has 0 aliphatic carbocycles. The zero-order chi connectivity index (χ0) is 15.4. The minimum absolute atomic E-state index is 0.0157. The van der Waals surface area contributed by atoms with Crippen LogP contribution in [0.15, 0.2) is 36.4 Å². The van der Waals surface area contributed by atoms with Gasteiger partial charge in [-0.3, -0.25) is 19.9 Å². The Morgan fingerprint density at radius 2 is 2.10 bits per heavy atom. The summed E-state index contributed by atoms with van der Waals surface area (Å²) in [5.41, 5.74) is 2.92. The number of aryl methyl sites for hydroxylation is 2. The van der Waals surface area contributed by atoms with E-state index in [4.69, 9.17) is 5.11 Å². The molecule has 1 heterocycles. The Bertz CT molecular complexity index is 698. The van der Waals surface area contributed by atoms with Crippen molar-refractivity contribution in [3.8, 4) is 11.3 Å². The van der Waals surface area contributed by atoms with E-state index in [2.05, 4.69) is 4.98 Å². The molecule has 21 heavy (non-hydrogen) atoms. The molecule has 0 aliphatic rings. The first-order valence-electron chi connectivity index (χ1n) is 6.40. The van der Waals surface area contributed by atoms with Gasteiger partial charge in [0.2, 0.25) is 0 Å². The third-order valence-electron chi connectivity index (χ3n) is 3.16. The van der Waals surface area contributed by atoms with Crippen molar-refractivity contribution in [2.24, 2.45) is 0 Å². The van der Waals surface area contributed by atoms with Crippen molar-refractivity contribution < 1.29 is 14.8 Å². The number of carboxylic acids is 1. The van der Waals surface area contributed by atoms with Gasteiger partial charge in [0, 0.05) is 29.8 Å². The van der Waals surface area contributed by atoms with Crippen LogP contribution in [0.2, 0.25) is 0 Å². The number of nitro benzene ring substituents is 1. The number of aromatic nitrogens is 1. The van der Waals surface area contributed by atoms with E-state index in [1.54, 1.807) is 25.1 Å². The highest BCUT2D eigenvalue weighted by Gasteiger charge is 2.10. The van der Waals surface area contributed by atoms with E-state index >= 15 is 0 Å². The summed E-state index contributed by atoms with van der Waals surface area (Å²) in [6.07, 6.45) is 0.474. The number of nitro groups is 1. The fourth-order valence-corrected chi connectivity index (χ4v) is 2.04. The molecule has 2 aromatic rings. The number of hydrogen-bond donors (Lipinski definition) is 1. The monoisotopic (exact) mass is 286 g/mol. The SMILES string of the molecule is Cc1nc(-c2cccc([N+](=O)[O-])c2)ccc1CCC(=O)O. The Hall–Kier alpha value is -2.76. The van der Waals surface area contributed by atoms with Crippen LogP contribution in [0.5, 0.6) is 0 Å². The number of aliphatic carboxylic acids is 1. The molecule has 0 radical (unpaired) electrons. The number of nitrogens with zero attached hydrogens (tertiary/aromatic N) is 2. The lowest BCUT2D eigenvalue weighted by molar-refractivity contribution is -0.384. The Kier molecular flexibility index (Phi) is 4.27. The van der Waals surface area contributed by atoms with Crippen molar-refractivity contribution in [1.82, 2.24) is 4.98 Å². The highest BCUT2D eigenvalue weighted by Crippen LogP contribution is 2.23. The lowest BCUT2D eigenvalue weighted by Gasteiger charge is -2.07. The van der Waals surface area contributed by atoms with Gasteiger partial charge in [0.05, 0.1) is 10.6 Å². The Morgan fingerprint density at radius 3 is 2.71 bits per heavy atom. The van der Waals surface area contributed by atoms with Crippen LogP contribution >= 0.6 is 0 Å². The average Bonchev–Trinajstić information content (AvgIpc) is 2.46. The van der Waals surface area contributed by atoms with E-state index in [9.17, 15) is 14.9 Å². The molecule has 0 bridgehead atoms. The predicted octanol–water partition coefficient (Wildman–Crippen LogP) is 2.98. The summed E-state index contributed by atoms with van der Waals surface area (Å²) in [4.78, 5) is 25.3. The van der Waals surface area contributed by atoms with Crippen LogP contribution in [-0.2, 0) is 11.2 Å². The van der Waals surface area contributed by atoms with Gasteiger partial charge in [-0.25, -0.2) is 0 Å². The van der Waals surface area contributed by atoms with Crippen molar-refractivity contribution >= 4 is 11.7 Å². The lowest BCUT2D eigenvalue weighted by atomic mass is 10.1. The summed E-state index contributed by atoms with van der Waals surface area (Å²) in [6.45, 7) is 1.80. The maximum atomic E-state index is 10.8. The minimum Gasteiger partial charge on any atom is -0.481 e. The molecule has 0 atom stereocenters. The van der Waals surface area contributed by atoms with Crippen molar-refractivity contribution in [1.29, 1.82) is 0 Å². The van der Waals surface area contributed by atoms with Crippen molar-refractivity contribution in [3.63, 3.8) is 0 Å². The molecule has 1 aromatic carbocycles. The second kappa shape index (κ2) is 6.13. The summed E-state index contributed by atoms with van der Waals surface area (Å²) in [6, 6.07) is 9.84. The van der Waals surface area contributed by atoms with E-state index in [-0.39, 0.29) is 12.1 Å². The van der Waals surface area contributed by atoms with Crippen LogP contribution in [-0.4, -0.2) is 21.0 Å². The first-order valence-corrected chi connectivity index (χ1v) is 6.40. The molecule has 0 aliphatic heterocycles. The van der Waals surface area contributed by atoms with Crippen molar-refractivity contribution in [3.05, 3.63) is 57.8 Å². The van der Waals surface area contributed by atoms with Crippen molar-refractivity contribution in [2.75, 3.05) is 0 Å². The third-order valence-corrected chi connectivity index (χ3v) is 3.16. The Morgan fingerprint density at radius 1 is 1.33 bits per heavy atom.